The van der Waals surface area contributed by atoms with Gasteiger partial charge in [-0.2, -0.15) is 5.26 Å². The first-order chi connectivity index (χ1) is 8.60. The van der Waals surface area contributed by atoms with Crippen molar-refractivity contribution in [3.63, 3.8) is 0 Å². The number of anilines is 2. The molecule has 0 saturated carbocycles. The summed E-state index contributed by atoms with van der Waals surface area (Å²) in [6, 6.07) is 11.1. The molecular formula is C13H7Cl2FN2. The van der Waals surface area contributed by atoms with Crippen LogP contribution in [0.3, 0.4) is 0 Å². The molecule has 2 aromatic carbocycles. The number of nitrogens with one attached hydrogen (secondary N) is 1. The standard InChI is InChI=1S/C13H7Cl2FN2/c14-11-5-9(16)6-12(15)13(11)18-10-3-1-8(7-17)2-4-10/h1-6,18H. The van der Waals surface area contributed by atoms with E-state index in [1.165, 1.54) is 12.1 Å². The zero-order valence-corrected chi connectivity index (χ0v) is 10.6. The smallest absolute Gasteiger partial charge is 0.126 e. The number of rotatable bonds is 2. The van der Waals surface area contributed by atoms with Crippen molar-refractivity contribution in [3.8, 4) is 6.07 Å². The lowest BCUT2D eigenvalue weighted by atomic mass is 10.2. The van der Waals surface area contributed by atoms with Crippen molar-refractivity contribution in [2.45, 2.75) is 0 Å². The maximum atomic E-state index is 13.0. The Labute approximate surface area is 114 Å². The summed E-state index contributed by atoms with van der Waals surface area (Å²) in [6.07, 6.45) is 0. The van der Waals surface area contributed by atoms with E-state index < -0.39 is 5.82 Å². The molecule has 2 rings (SSSR count). The van der Waals surface area contributed by atoms with Crippen LogP contribution in [-0.4, -0.2) is 0 Å². The molecule has 5 heteroatoms. The van der Waals surface area contributed by atoms with Crippen LogP contribution in [-0.2, 0) is 0 Å². The van der Waals surface area contributed by atoms with Crippen molar-refractivity contribution in [2.75, 3.05) is 5.32 Å². The predicted molar refractivity (Wildman–Crippen MR) is 70.9 cm³/mol. The van der Waals surface area contributed by atoms with E-state index in [0.29, 0.717) is 16.9 Å². The molecule has 0 atom stereocenters. The number of benzene rings is 2. The van der Waals surface area contributed by atoms with Gasteiger partial charge in [0.25, 0.3) is 0 Å². The second kappa shape index (κ2) is 5.26. The van der Waals surface area contributed by atoms with E-state index in [4.69, 9.17) is 28.5 Å². The minimum absolute atomic E-state index is 0.198. The Morgan fingerprint density at radius 1 is 1.06 bits per heavy atom. The Kier molecular flexibility index (Phi) is 3.71. The van der Waals surface area contributed by atoms with Crippen LogP contribution >= 0.6 is 23.2 Å². The Bertz CT molecular complexity index is 595. The van der Waals surface area contributed by atoms with Crippen LogP contribution < -0.4 is 5.32 Å². The highest BCUT2D eigenvalue weighted by Gasteiger charge is 2.08. The second-order valence-electron chi connectivity index (χ2n) is 3.56. The lowest BCUT2D eigenvalue weighted by Crippen LogP contribution is -1.93. The fourth-order valence-electron chi connectivity index (χ4n) is 1.43. The third-order valence-electron chi connectivity index (χ3n) is 2.29. The van der Waals surface area contributed by atoms with Crippen LogP contribution in [0.2, 0.25) is 10.0 Å². The summed E-state index contributed by atoms with van der Waals surface area (Å²) in [4.78, 5) is 0. The van der Waals surface area contributed by atoms with Gasteiger partial charge in [0, 0.05) is 5.69 Å². The highest BCUT2D eigenvalue weighted by molar-refractivity contribution is 6.39. The minimum Gasteiger partial charge on any atom is -0.353 e. The van der Waals surface area contributed by atoms with Crippen LogP contribution in [0.1, 0.15) is 5.56 Å². The molecule has 0 saturated heterocycles. The first kappa shape index (κ1) is 12.7. The number of hydrogen-bond acceptors (Lipinski definition) is 2. The molecule has 0 heterocycles. The first-order valence-electron chi connectivity index (χ1n) is 5.02. The summed E-state index contributed by atoms with van der Waals surface area (Å²) in [5.41, 5.74) is 1.70. The summed E-state index contributed by atoms with van der Waals surface area (Å²) >= 11 is 11.8. The Hall–Kier alpha value is -1.76. The van der Waals surface area contributed by atoms with Gasteiger partial charge >= 0.3 is 0 Å². The summed E-state index contributed by atoms with van der Waals surface area (Å²) < 4.78 is 13.0. The Balaban J connectivity index is 2.31. The number of hydrogen-bond donors (Lipinski definition) is 1. The molecule has 0 aliphatic carbocycles. The van der Waals surface area contributed by atoms with Crippen molar-refractivity contribution in [3.05, 3.63) is 57.8 Å². The second-order valence-corrected chi connectivity index (χ2v) is 4.37. The highest BCUT2D eigenvalue weighted by Crippen LogP contribution is 2.33. The van der Waals surface area contributed by atoms with E-state index in [2.05, 4.69) is 5.32 Å². The molecule has 0 radical (unpaired) electrons. The minimum atomic E-state index is -0.490. The van der Waals surface area contributed by atoms with Crippen LogP contribution in [0.5, 0.6) is 0 Å². The van der Waals surface area contributed by atoms with Gasteiger partial charge in [-0.25, -0.2) is 4.39 Å². The number of nitrogens with zero attached hydrogens (tertiary/aromatic N) is 1. The van der Waals surface area contributed by atoms with Crippen molar-refractivity contribution in [1.82, 2.24) is 0 Å². The number of halogens is 3. The van der Waals surface area contributed by atoms with Gasteiger partial charge in [0.15, 0.2) is 0 Å². The normalized spacial score (nSPS) is 9.89. The number of nitriles is 1. The molecule has 0 bridgehead atoms. The van der Waals surface area contributed by atoms with E-state index in [-0.39, 0.29) is 10.0 Å². The molecule has 1 N–H and O–H groups in total. The molecule has 18 heavy (non-hydrogen) atoms. The molecule has 0 aliphatic rings. The molecule has 0 aromatic heterocycles. The van der Waals surface area contributed by atoms with Crippen molar-refractivity contribution in [1.29, 1.82) is 5.26 Å². The zero-order chi connectivity index (χ0) is 13.1. The molecule has 2 nitrogen and oxygen atoms in total. The van der Waals surface area contributed by atoms with E-state index in [1.54, 1.807) is 24.3 Å². The molecule has 0 spiro atoms. The van der Waals surface area contributed by atoms with Gasteiger partial charge in [-0.1, -0.05) is 23.2 Å². The predicted octanol–water partition coefficient (Wildman–Crippen LogP) is 4.75. The maximum absolute atomic E-state index is 13.0. The Morgan fingerprint density at radius 3 is 2.11 bits per heavy atom. The van der Waals surface area contributed by atoms with Crippen molar-refractivity contribution < 1.29 is 4.39 Å². The van der Waals surface area contributed by atoms with Gasteiger partial charge in [0.05, 0.1) is 27.4 Å². The average molecular weight is 281 g/mol. The van der Waals surface area contributed by atoms with E-state index >= 15 is 0 Å². The summed E-state index contributed by atoms with van der Waals surface area (Å²) in [7, 11) is 0. The third kappa shape index (κ3) is 2.73. The van der Waals surface area contributed by atoms with Gasteiger partial charge in [0.2, 0.25) is 0 Å². The van der Waals surface area contributed by atoms with Gasteiger partial charge in [-0.3, -0.25) is 0 Å². The molecule has 2 aromatic rings. The van der Waals surface area contributed by atoms with Gasteiger partial charge in [-0.05, 0) is 36.4 Å². The lowest BCUT2D eigenvalue weighted by Gasteiger charge is -2.10. The molecule has 0 amide bonds. The van der Waals surface area contributed by atoms with E-state index in [0.717, 1.165) is 0 Å². The monoisotopic (exact) mass is 280 g/mol. The van der Waals surface area contributed by atoms with Crippen molar-refractivity contribution in [2.24, 2.45) is 0 Å². The zero-order valence-electron chi connectivity index (χ0n) is 9.05. The summed E-state index contributed by atoms with van der Waals surface area (Å²) in [6.45, 7) is 0. The fraction of sp³-hybridized carbons (Fsp3) is 0. The average Bonchev–Trinajstić information content (AvgIpc) is 2.34. The summed E-state index contributed by atoms with van der Waals surface area (Å²) in [5, 5.41) is 12.1. The first-order valence-corrected chi connectivity index (χ1v) is 5.77. The molecule has 0 aliphatic heterocycles. The van der Waals surface area contributed by atoms with Crippen LogP contribution in [0, 0.1) is 17.1 Å². The lowest BCUT2D eigenvalue weighted by molar-refractivity contribution is 0.628. The molecule has 0 unspecified atom stereocenters. The highest BCUT2D eigenvalue weighted by atomic mass is 35.5. The van der Waals surface area contributed by atoms with Gasteiger partial charge < -0.3 is 5.32 Å². The summed E-state index contributed by atoms with van der Waals surface area (Å²) in [5.74, 6) is -0.490. The van der Waals surface area contributed by atoms with Crippen LogP contribution in [0.15, 0.2) is 36.4 Å². The van der Waals surface area contributed by atoms with Crippen LogP contribution in [0.25, 0.3) is 0 Å². The van der Waals surface area contributed by atoms with Crippen LogP contribution in [0.4, 0.5) is 15.8 Å². The maximum Gasteiger partial charge on any atom is 0.126 e. The van der Waals surface area contributed by atoms with Gasteiger partial charge in [-0.15, -0.1) is 0 Å². The van der Waals surface area contributed by atoms with Crippen molar-refractivity contribution >= 4 is 34.6 Å². The molecule has 90 valence electrons. The van der Waals surface area contributed by atoms with Gasteiger partial charge in [0.1, 0.15) is 5.82 Å². The SMILES string of the molecule is N#Cc1ccc(Nc2c(Cl)cc(F)cc2Cl)cc1. The topological polar surface area (TPSA) is 35.8 Å². The largest absolute Gasteiger partial charge is 0.353 e. The third-order valence-corrected chi connectivity index (χ3v) is 2.89. The molecular weight excluding hydrogens is 274 g/mol. The Morgan fingerprint density at radius 2 is 1.61 bits per heavy atom. The fourth-order valence-corrected chi connectivity index (χ4v) is 1.99. The molecule has 0 fully saturated rings. The van der Waals surface area contributed by atoms with E-state index in [1.807, 2.05) is 6.07 Å². The quantitative estimate of drug-likeness (QED) is 0.862. The van der Waals surface area contributed by atoms with E-state index in [9.17, 15) is 4.39 Å².